The van der Waals surface area contributed by atoms with Gasteiger partial charge in [-0.05, 0) is 43.5 Å². The van der Waals surface area contributed by atoms with E-state index in [0.29, 0.717) is 32.6 Å². The molecular formula is C20H17Br2N5O5. The normalized spacial score (nSPS) is 10.9. The predicted molar refractivity (Wildman–Crippen MR) is 124 cm³/mol. The maximum atomic E-state index is 12.5. The van der Waals surface area contributed by atoms with Crippen molar-refractivity contribution in [1.29, 1.82) is 0 Å². The van der Waals surface area contributed by atoms with Crippen molar-refractivity contribution in [2.45, 2.75) is 6.54 Å². The number of nitro benzene ring substituents is 1. The molecular weight excluding hydrogens is 550 g/mol. The van der Waals surface area contributed by atoms with Gasteiger partial charge in [-0.25, -0.2) is 5.43 Å². The second-order valence-corrected chi connectivity index (χ2v) is 8.08. The number of carbonyl (C=O) groups excluding carboxylic acids is 1. The van der Waals surface area contributed by atoms with Crippen molar-refractivity contribution in [2.24, 2.45) is 5.10 Å². The van der Waals surface area contributed by atoms with Gasteiger partial charge in [-0.15, -0.1) is 0 Å². The van der Waals surface area contributed by atoms with Gasteiger partial charge in [0.1, 0.15) is 11.5 Å². The highest BCUT2D eigenvalue weighted by Gasteiger charge is 2.15. The van der Waals surface area contributed by atoms with E-state index in [1.165, 1.54) is 25.5 Å². The second-order valence-electron chi connectivity index (χ2n) is 6.37. The minimum Gasteiger partial charge on any atom is -0.496 e. The lowest BCUT2D eigenvalue weighted by molar-refractivity contribution is -0.384. The van der Waals surface area contributed by atoms with Gasteiger partial charge in [0.25, 0.3) is 11.6 Å². The Labute approximate surface area is 199 Å². The molecule has 0 saturated carbocycles. The lowest BCUT2D eigenvalue weighted by Crippen LogP contribution is -2.19. The number of nitro groups is 1. The fourth-order valence-electron chi connectivity index (χ4n) is 2.74. The van der Waals surface area contributed by atoms with Gasteiger partial charge in [0.2, 0.25) is 0 Å². The second kappa shape index (κ2) is 10.4. The van der Waals surface area contributed by atoms with Crippen LogP contribution in [0.25, 0.3) is 0 Å². The first-order valence-corrected chi connectivity index (χ1v) is 10.6. The number of aromatic nitrogens is 2. The Morgan fingerprint density at radius 2 is 1.88 bits per heavy atom. The minimum absolute atomic E-state index is 0.00819. The minimum atomic E-state index is -0.512. The zero-order valence-corrected chi connectivity index (χ0v) is 20.1. The van der Waals surface area contributed by atoms with Gasteiger partial charge < -0.3 is 9.47 Å². The molecule has 32 heavy (non-hydrogen) atoms. The molecule has 0 aliphatic heterocycles. The van der Waals surface area contributed by atoms with Crippen molar-refractivity contribution in [3.63, 3.8) is 0 Å². The first-order chi connectivity index (χ1) is 15.3. The molecule has 2 aromatic carbocycles. The van der Waals surface area contributed by atoms with Crippen LogP contribution in [-0.4, -0.2) is 41.0 Å². The first-order valence-electron chi connectivity index (χ1n) is 9.03. The van der Waals surface area contributed by atoms with E-state index in [2.05, 4.69) is 47.5 Å². The molecule has 0 aliphatic carbocycles. The number of amides is 1. The third-order valence-electron chi connectivity index (χ3n) is 4.30. The molecule has 166 valence electrons. The Morgan fingerprint density at radius 1 is 1.19 bits per heavy atom. The summed E-state index contributed by atoms with van der Waals surface area (Å²) < 4.78 is 13.3. The van der Waals surface area contributed by atoms with Gasteiger partial charge in [0, 0.05) is 30.0 Å². The molecule has 0 bridgehead atoms. The largest absolute Gasteiger partial charge is 0.496 e. The molecule has 0 fully saturated rings. The van der Waals surface area contributed by atoms with E-state index >= 15 is 0 Å². The van der Waals surface area contributed by atoms with E-state index in [0.717, 1.165) is 5.56 Å². The van der Waals surface area contributed by atoms with E-state index in [1.807, 2.05) is 0 Å². The number of hydrogen-bond donors (Lipinski definition) is 1. The monoisotopic (exact) mass is 565 g/mol. The summed E-state index contributed by atoms with van der Waals surface area (Å²) in [6, 6.07) is 9.56. The van der Waals surface area contributed by atoms with Crippen LogP contribution in [0.1, 0.15) is 21.6 Å². The van der Waals surface area contributed by atoms with Gasteiger partial charge in [-0.2, -0.15) is 10.2 Å². The summed E-state index contributed by atoms with van der Waals surface area (Å²) in [5.74, 6) is 0.615. The number of halogens is 2. The van der Waals surface area contributed by atoms with Crippen LogP contribution in [0.15, 0.2) is 56.6 Å². The van der Waals surface area contributed by atoms with Crippen molar-refractivity contribution in [1.82, 2.24) is 15.2 Å². The Balaban J connectivity index is 1.69. The summed E-state index contributed by atoms with van der Waals surface area (Å²) in [7, 11) is 3.07. The third-order valence-corrected chi connectivity index (χ3v) is 5.50. The lowest BCUT2D eigenvalue weighted by Gasteiger charge is -2.09. The van der Waals surface area contributed by atoms with Gasteiger partial charge >= 0.3 is 0 Å². The number of non-ortho nitro benzene ring substituents is 1. The Kier molecular flexibility index (Phi) is 7.59. The number of benzene rings is 2. The molecule has 0 radical (unpaired) electrons. The van der Waals surface area contributed by atoms with Crippen molar-refractivity contribution < 1.29 is 19.2 Å². The average Bonchev–Trinajstić information content (AvgIpc) is 3.14. The number of methoxy groups -OCH3 is 2. The summed E-state index contributed by atoms with van der Waals surface area (Å²) in [6.07, 6.45) is 3.09. The van der Waals surface area contributed by atoms with E-state index < -0.39 is 10.8 Å². The highest BCUT2D eigenvalue weighted by molar-refractivity contribution is 9.10. The standard InChI is InChI=1S/C20H17Br2N5O5/c1-31-17-8-18(32-2)15(21)7-13(17)9-23-24-20(28)19-16(22)11-26(25-19)10-12-3-5-14(6-4-12)27(29)30/h3-9,11H,10H2,1-2H3,(H,24,28). The predicted octanol–water partition coefficient (Wildman–Crippen LogP) is 4.15. The van der Waals surface area contributed by atoms with Crippen LogP contribution in [0.4, 0.5) is 5.69 Å². The molecule has 0 saturated heterocycles. The van der Waals surface area contributed by atoms with E-state index in [9.17, 15) is 14.9 Å². The number of nitrogens with one attached hydrogen (secondary N) is 1. The Bertz CT molecular complexity index is 1180. The van der Waals surface area contributed by atoms with Gasteiger partial charge in [-0.3, -0.25) is 19.6 Å². The van der Waals surface area contributed by atoms with Gasteiger partial charge in [0.05, 0.1) is 40.8 Å². The molecule has 0 aliphatic rings. The summed E-state index contributed by atoms with van der Waals surface area (Å²) in [5, 5.41) is 19.0. The number of nitrogens with zero attached hydrogens (tertiary/aromatic N) is 4. The summed E-state index contributed by atoms with van der Waals surface area (Å²) in [4.78, 5) is 22.8. The van der Waals surface area contributed by atoms with Crippen LogP contribution < -0.4 is 14.9 Å². The van der Waals surface area contributed by atoms with Gasteiger partial charge in [0.15, 0.2) is 5.69 Å². The van der Waals surface area contributed by atoms with Crippen LogP contribution in [0, 0.1) is 10.1 Å². The molecule has 3 aromatic rings. The molecule has 0 unspecified atom stereocenters. The molecule has 12 heteroatoms. The number of ether oxygens (including phenoxy) is 2. The Morgan fingerprint density at radius 3 is 2.50 bits per heavy atom. The zero-order valence-electron chi connectivity index (χ0n) is 16.9. The molecule has 10 nitrogen and oxygen atoms in total. The van der Waals surface area contributed by atoms with E-state index in [1.54, 1.807) is 42.3 Å². The average molecular weight is 567 g/mol. The molecule has 0 spiro atoms. The number of hydrazone groups is 1. The molecule has 1 N–H and O–H groups in total. The molecule has 3 rings (SSSR count). The number of carbonyl (C=O) groups is 1. The summed E-state index contributed by atoms with van der Waals surface area (Å²) in [5.41, 5.74) is 4.01. The highest BCUT2D eigenvalue weighted by Crippen LogP contribution is 2.32. The maximum Gasteiger partial charge on any atom is 0.293 e. The SMILES string of the molecule is COc1cc(OC)c(C=NNC(=O)c2nn(Cc3ccc([N+](=O)[O-])cc3)cc2Br)cc1Br. The fraction of sp³-hybridized carbons (Fsp3) is 0.150. The molecule has 0 atom stereocenters. The maximum absolute atomic E-state index is 12.5. The third kappa shape index (κ3) is 5.51. The van der Waals surface area contributed by atoms with Crippen LogP contribution in [0.5, 0.6) is 11.5 Å². The molecule has 1 heterocycles. The molecule has 1 aromatic heterocycles. The number of hydrogen-bond acceptors (Lipinski definition) is 7. The first kappa shape index (κ1) is 23.4. The van der Waals surface area contributed by atoms with Crippen molar-refractivity contribution in [2.75, 3.05) is 14.2 Å². The summed E-state index contributed by atoms with van der Waals surface area (Å²) >= 11 is 6.72. The van der Waals surface area contributed by atoms with E-state index in [4.69, 9.17) is 9.47 Å². The van der Waals surface area contributed by atoms with Crippen molar-refractivity contribution >= 4 is 49.7 Å². The number of rotatable bonds is 8. The van der Waals surface area contributed by atoms with Crippen molar-refractivity contribution in [3.05, 3.63) is 78.5 Å². The quantitative estimate of drug-likeness (QED) is 0.248. The zero-order chi connectivity index (χ0) is 23.3. The van der Waals surface area contributed by atoms with Crippen molar-refractivity contribution in [3.8, 4) is 11.5 Å². The topological polar surface area (TPSA) is 121 Å². The van der Waals surface area contributed by atoms with Crippen LogP contribution >= 0.6 is 31.9 Å². The highest BCUT2D eigenvalue weighted by atomic mass is 79.9. The fourth-order valence-corrected chi connectivity index (χ4v) is 3.76. The molecule has 1 amide bonds. The van der Waals surface area contributed by atoms with Gasteiger partial charge in [-0.1, -0.05) is 12.1 Å². The van der Waals surface area contributed by atoms with Crippen LogP contribution in [-0.2, 0) is 6.54 Å². The Hall–Kier alpha value is -3.25. The smallest absolute Gasteiger partial charge is 0.293 e. The lowest BCUT2D eigenvalue weighted by atomic mass is 10.2. The summed E-state index contributed by atoms with van der Waals surface area (Å²) in [6.45, 7) is 0.338. The van der Waals surface area contributed by atoms with Crippen LogP contribution in [0.3, 0.4) is 0 Å². The van der Waals surface area contributed by atoms with E-state index in [-0.39, 0.29) is 11.4 Å². The van der Waals surface area contributed by atoms with Crippen LogP contribution in [0.2, 0.25) is 0 Å².